The zero-order chi connectivity index (χ0) is 81.6. The first-order chi connectivity index (χ1) is 57.1. The van der Waals surface area contributed by atoms with E-state index in [9.17, 15) is 44.1 Å². The van der Waals surface area contributed by atoms with Crippen LogP contribution in [-0.4, -0.2) is 191 Å². The van der Waals surface area contributed by atoms with Gasteiger partial charge in [0.2, 0.25) is 0 Å². The molecule has 30 nitrogen and oxygen atoms in total. The third kappa shape index (κ3) is 20.5. The lowest BCUT2D eigenvalue weighted by atomic mass is 10.00. The fraction of sp³-hybridized carbons (Fsp3) is 0.241. The van der Waals surface area contributed by atoms with Crippen LogP contribution in [0.15, 0.2) is 237 Å². The molecule has 18 bridgehead atoms. The average molecular weight is 1580 g/mol. The van der Waals surface area contributed by atoms with Crippen molar-refractivity contribution in [1.82, 2.24) is 76.2 Å². The van der Waals surface area contributed by atoms with Gasteiger partial charge in [0.25, 0.3) is 35.4 Å². The summed E-state index contributed by atoms with van der Waals surface area (Å²) in [4.78, 5) is 91.7. The third-order valence-corrected chi connectivity index (χ3v) is 19.0. The number of amides is 6. The van der Waals surface area contributed by atoms with Crippen molar-refractivity contribution in [2.24, 2.45) is 0 Å². The van der Waals surface area contributed by atoms with Gasteiger partial charge in [0.05, 0.1) is 70.0 Å². The van der Waals surface area contributed by atoms with Crippen molar-refractivity contribution in [1.29, 1.82) is 0 Å². The second kappa shape index (κ2) is 39.1. The Hall–Kier alpha value is -14.1. The topological polar surface area (TPSA) is 383 Å². The van der Waals surface area contributed by atoms with Gasteiger partial charge in [-0.05, 0) is 221 Å². The lowest BCUT2D eigenvalue weighted by molar-refractivity contribution is -0.131. The van der Waals surface area contributed by atoms with Crippen molar-refractivity contribution in [2.75, 3.05) is 59.3 Å². The van der Waals surface area contributed by atoms with Crippen LogP contribution in [-0.2, 0) is 33.6 Å². The molecule has 0 saturated carbocycles. The number of carbonyl (C=O) groups is 6. The highest BCUT2D eigenvalue weighted by atomic mass is 16.5. The Bertz CT molecular complexity index is 5030. The van der Waals surface area contributed by atoms with Crippen molar-refractivity contribution < 1.29 is 72.5 Å². The largest absolute Gasteiger partial charge is 0.490 e. The maximum atomic E-state index is 13.6. The molecule has 24 rings (SSSR count). The van der Waals surface area contributed by atoms with Crippen LogP contribution in [0.1, 0.15) is 68.5 Å². The van der Waals surface area contributed by atoms with Crippen LogP contribution >= 0.6 is 0 Å². The first-order valence-electron chi connectivity index (χ1n) is 38.2. The van der Waals surface area contributed by atoms with Crippen LogP contribution in [0.4, 0.5) is 0 Å². The fourth-order valence-electron chi connectivity index (χ4n) is 13.1. The zero-order valence-corrected chi connectivity index (χ0v) is 64.2. The van der Waals surface area contributed by atoms with Crippen LogP contribution in [0, 0.1) is 0 Å². The number of benzene rings is 6. The van der Waals surface area contributed by atoms with Crippen molar-refractivity contribution in [3.8, 4) is 52.0 Å². The number of ether oxygens (including phenoxy) is 6. The number of nitrogens with one attached hydrogen (secondary N) is 6. The first-order valence-corrected chi connectivity index (χ1v) is 38.2. The summed E-state index contributed by atoms with van der Waals surface area (Å²) < 4.78 is 39.6. The van der Waals surface area contributed by atoms with Crippen molar-refractivity contribution >= 4 is 68.2 Å². The smallest absolute Gasteiger partial charge is 0.255 e. The van der Waals surface area contributed by atoms with E-state index in [1.165, 1.54) is 0 Å². The van der Waals surface area contributed by atoms with E-state index < -0.39 is 71.9 Å². The molecule has 9 N–H and O–H groups in total. The number of aliphatic hydroxyl groups is 3. The minimum Gasteiger partial charge on any atom is -0.490 e. The fourth-order valence-corrected chi connectivity index (χ4v) is 13.1. The number of carbonyl (C=O) groups excluding carboxylic acids is 6. The van der Waals surface area contributed by atoms with E-state index in [4.69, 9.17) is 28.4 Å². The number of likely N-dealkylation sites (N-methyl/N-ethyl adjacent to an activating group) is 3. The van der Waals surface area contributed by atoms with Crippen LogP contribution in [0.2, 0.25) is 0 Å². The Balaban J connectivity index is 0.000000152. The van der Waals surface area contributed by atoms with Gasteiger partial charge in [0.15, 0.2) is 35.8 Å². The Kier molecular flexibility index (Phi) is 27.0. The second-order valence-corrected chi connectivity index (χ2v) is 27.0. The molecule has 0 saturated heterocycles. The minimum atomic E-state index is -1.47. The molecule has 6 aromatic carbocycles. The van der Waals surface area contributed by atoms with Gasteiger partial charge < -0.3 is 75.6 Å². The normalized spacial score (nSPS) is 17.4. The van der Waals surface area contributed by atoms with Crippen molar-refractivity contribution in [3.63, 3.8) is 0 Å². The molecular weight excluding hydrogens is 1500 g/mol. The molecule has 12 aliphatic heterocycles. The van der Waals surface area contributed by atoms with Crippen LogP contribution in [0.3, 0.4) is 0 Å². The number of hydrogen-bond acceptors (Lipinski definition) is 21. The number of pyridine rings is 3. The Morgan fingerprint density at radius 1 is 0.376 bits per heavy atom. The average Bonchev–Trinajstić information content (AvgIpc) is 1.68. The lowest BCUT2D eigenvalue weighted by Crippen LogP contribution is -2.51. The summed E-state index contributed by atoms with van der Waals surface area (Å²) >= 11 is 0. The summed E-state index contributed by atoms with van der Waals surface area (Å²) in [6, 6.07) is 45.7. The van der Waals surface area contributed by atoms with E-state index in [1.807, 2.05) is 164 Å². The molecule has 600 valence electrons. The quantitative estimate of drug-likeness (QED) is 0.0623. The van der Waals surface area contributed by atoms with Crippen LogP contribution in [0.5, 0.6) is 34.5 Å². The van der Waals surface area contributed by atoms with Crippen LogP contribution in [0.25, 0.3) is 50.2 Å². The predicted octanol–water partition coefficient (Wildman–Crippen LogP) is 7.76. The summed E-state index contributed by atoms with van der Waals surface area (Å²) in [5.41, 5.74) is 5.39. The summed E-state index contributed by atoms with van der Waals surface area (Å²) in [5, 5.41) is 65.0. The van der Waals surface area contributed by atoms with E-state index in [0.29, 0.717) is 111 Å². The molecule has 0 fully saturated rings. The number of aliphatic hydroxyl groups excluding tert-OH is 3. The summed E-state index contributed by atoms with van der Waals surface area (Å²) in [5.74, 6) is 1.81. The Morgan fingerprint density at radius 2 is 0.624 bits per heavy atom. The van der Waals surface area contributed by atoms with E-state index >= 15 is 0 Å². The van der Waals surface area contributed by atoms with Gasteiger partial charge >= 0.3 is 0 Å². The molecule has 0 aliphatic carbocycles. The molecule has 6 aromatic heterocycles. The molecule has 0 spiro atoms. The summed E-state index contributed by atoms with van der Waals surface area (Å²) in [6.45, 7) is 8.58. The van der Waals surface area contributed by atoms with Crippen molar-refractivity contribution in [3.05, 3.63) is 271 Å². The van der Waals surface area contributed by atoms with Gasteiger partial charge in [0, 0.05) is 54.4 Å². The molecule has 3 unspecified atom stereocenters. The van der Waals surface area contributed by atoms with Gasteiger partial charge in [-0.25, -0.2) is 29.0 Å². The second-order valence-electron chi connectivity index (χ2n) is 27.0. The standard InChI is InChI=1S/3C29H29N5O5/c3*1-2-30-29(37)26(35)24-16-19-7-9-21(10-8-19)38-14-3-4-15-39-22-11-12-25-20(17-22)18-32-34(25)27-23(28(36)33-24)6-5-13-31-27/h3*3-13,17-18,24,26,35H,2,14-16H2,1H3,(H,30,37)(H,33,36)/b3*4-3+/t3*24-,26?/m000/s1. The minimum absolute atomic E-state index is 0.213. The monoisotopic (exact) mass is 1580 g/mol. The molecule has 12 aliphatic rings. The first kappa shape index (κ1) is 80.9. The van der Waals surface area contributed by atoms with E-state index in [0.717, 1.165) is 49.4 Å². The van der Waals surface area contributed by atoms with Crippen LogP contribution < -0.4 is 60.3 Å². The molecule has 6 atom stereocenters. The van der Waals surface area contributed by atoms with Gasteiger partial charge in [-0.2, -0.15) is 15.3 Å². The predicted molar refractivity (Wildman–Crippen MR) is 435 cm³/mol. The highest BCUT2D eigenvalue weighted by molar-refractivity contribution is 6.01. The summed E-state index contributed by atoms with van der Waals surface area (Å²) in [6.07, 6.45) is 17.3. The van der Waals surface area contributed by atoms with E-state index in [-0.39, 0.29) is 36.0 Å². The highest BCUT2D eigenvalue weighted by Crippen LogP contribution is 2.30. The number of hydrogen-bond donors (Lipinski definition) is 9. The van der Waals surface area contributed by atoms with E-state index in [2.05, 4.69) is 62.1 Å². The molecule has 18 heterocycles. The highest BCUT2D eigenvalue weighted by Gasteiger charge is 2.33. The Labute approximate surface area is 672 Å². The summed E-state index contributed by atoms with van der Waals surface area (Å²) in [7, 11) is 0. The number of rotatable bonds is 9. The van der Waals surface area contributed by atoms with Gasteiger partial charge in [-0.15, -0.1) is 0 Å². The molecule has 12 aromatic rings. The zero-order valence-electron chi connectivity index (χ0n) is 64.2. The molecular formula is C87H87N15O15. The molecule has 117 heavy (non-hydrogen) atoms. The maximum absolute atomic E-state index is 13.6. The van der Waals surface area contributed by atoms with Crippen molar-refractivity contribution in [2.45, 2.75) is 76.5 Å². The van der Waals surface area contributed by atoms with Gasteiger partial charge in [-0.1, -0.05) is 36.4 Å². The number of aromatic nitrogens is 9. The lowest BCUT2D eigenvalue weighted by Gasteiger charge is -2.24. The van der Waals surface area contributed by atoms with Gasteiger partial charge in [0.1, 0.15) is 74.1 Å². The Morgan fingerprint density at radius 3 is 0.880 bits per heavy atom. The molecule has 30 heteroatoms. The van der Waals surface area contributed by atoms with E-state index in [1.54, 1.807) is 108 Å². The SMILES string of the molecule is CCNC(=O)C(O)[C@@H]1Cc2ccc(cc2)OC/C=C/COc2ccc3c(cnn3-c3ncccc3C(=O)N1)c2.CCNC(=O)C(O)[C@@H]1Cc2ccc(cc2)OC/C=C/COc2ccc3c(cnn3-c3ncccc3C(=O)N1)c2.CCNC(=O)C(O)[C@@H]1Cc2ccc(cc2)OC/C=C/COc2ccc3c(cnn3-c3ncccc3C(=O)N1)c2. The number of nitrogens with zero attached hydrogens (tertiary/aromatic N) is 9. The van der Waals surface area contributed by atoms with Gasteiger partial charge in [-0.3, -0.25) is 28.8 Å². The molecule has 6 amide bonds. The molecule has 0 radical (unpaired) electrons. The maximum Gasteiger partial charge on any atom is 0.255 e. The third-order valence-electron chi connectivity index (χ3n) is 19.0.